The third-order valence-electron chi connectivity index (χ3n) is 5.55. The van der Waals surface area contributed by atoms with E-state index in [0.29, 0.717) is 24.8 Å². The molecule has 25 heavy (non-hydrogen) atoms. The minimum atomic E-state index is -0.557. The molecule has 5 nitrogen and oxygen atoms in total. The summed E-state index contributed by atoms with van der Waals surface area (Å²) in [5.74, 6) is 0.159. The zero-order valence-electron chi connectivity index (χ0n) is 15.4. The van der Waals surface area contributed by atoms with Crippen molar-refractivity contribution >= 4 is 17.5 Å². The van der Waals surface area contributed by atoms with Crippen LogP contribution in [-0.2, 0) is 9.59 Å². The third-order valence-corrected chi connectivity index (χ3v) is 5.55. The molecule has 2 saturated heterocycles. The standard InChI is InChI=1S/C20H29N3O2/c1-13(2)15-4-6-16(7-5-15)23-11-9-17(20(23)25)19(24)22-18-12-21-10-8-14(18)3/h4-7,13-14,17-18,21H,8-12H2,1-3H3,(H,22,24). The molecule has 0 spiro atoms. The van der Waals surface area contributed by atoms with Crippen molar-refractivity contribution in [3.63, 3.8) is 0 Å². The number of carbonyl (C=O) groups is 2. The lowest BCUT2D eigenvalue weighted by Gasteiger charge is -2.30. The normalized spacial score (nSPS) is 27.0. The number of benzene rings is 1. The Morgan fingerprint density at radius 2 is 1.96 bits per heavy atom. The van der Waals surface area contributed by atoms with Crippen molar-refractivity contribution in [2.45, 2.75) is 45.6 Å². The molecular weight excluding hydrogens is 314 g/mol. The largest absolute Gasteiger partial charge is 0.351 e. The molecule has 2 amide bonds. The van der Waals surface area contributed by atoms with E-state index < -0.39 is 5.92 Å². The number of amides is 2. The number of hydrogen-bond acceptors (Lipinski definition) is 3. The summed E-state index contributed by atoms with van der Waals surface area (Å²) >= 11 is 0. The molecule has 1 aromatic carbocycles. The maximum atomic E-state index is 12.7. The summed E-state index contributed by atoms with van der Waals surface area (Å²) in [7, 11) is 0. The van der Waals surface area contributed by atoms with Crippen molar-refractivity contribution in [3.8, 4) is 0 Å². The van der Waals surface area contributed by atoms with Crippen LogP contribution in [-0.4, -0.2) is 37.5 Å². The molecule has 0 aliphatic carbocycles. The minimum absolute atomic E-state index is 0.0776. The Morgan fingerprint density at radius 1 is 1.24 bits per heavy atom. The number of carbonyl (C=O) groups excluding carboxylic acids is 2. The molecule has 1 aromatic rings. The maximum Gasteiger partial charge on any atom is 0.239 e. The first kappa shape index (κ1) is 17.9. The summed E-state index contributed by atoms with van der Waals surface area (Å²) in [6.45, 7) is 8.85. The maximum absolute atomic E-state index is 12.7. The van der Waals surface area contributed by atoms with Gasteiger partial charge >= 0.3 is 0 Å². The Bertz CT molecular complexity index is 626. The second-order valence-corrected chi connectivity index (χ2v) is 7.66. The van der Waals surface area contributed by atoms with Gasteiger partial charge in [0.1, 0.15) is 5.92 Å². The van der Waals surface area contributed by atoms with Crippen LogP contribution in [0.5, 0.6) is 0 Å². The van der Waals surface area contributed by atoms with Crippen LogP contribution >= 0.6 is 0 Å². The highest BCUT2D eigenvalue weighted by Gasteiger charge is 2.38. The minimum Gasteiger partial charge on any atom is -0.351 e. The van der Waals surface area contributed by atoms with Crippen LogP contribution in [0.15, 0.2) is 24.3 Å². The smallest absolute Gasteiger partial charge is 0.239 e. The van der Waals surface area contributed by atoms with Crippen LogP contribution in [0, 0.1) is 11.8 Å². The van der Waals surface area contributed by atoms with Gasteiger partial charge in [-0.2, -0.15) is 0 Å². The van der Waals surface area contributed by atoms with Crippen molar-refractivity contribution in [3.05, 3.63) is 29.8 Å². The van der Waals surface area contributed by atoms with Crippen LogP contribution in [0.1, 0.15) is 45.1 Å². The SMILES string of the molecule is CC(C)c1ccc(N2CCC(C(=O)NC3CNCCC3C)C2=O)cc1. The van der Waals surface area contributed by atoms with Gasteiger partial charge in [-0.05, 0) is 48.9 Å². The summed E-state index contributed by atoms with van der Waals surface area (Å²) < 4.78 is 0. The summed E-state index contributed by atoms with van der Waals surface area (Å²) in [5.41, 5.74) is 2.14. The number of nitrogens with one attached hydrogen (secondary N) is 2. The quantitative estimate of drug-likeness (QED) is 0.825. The van der Waals surface area contributed by atoms with E-state index >= 15 is 0 Å². The van der Waals surface area contributed by atoms with Gasteiger partial charge in [-0.1, -0.05) is 32.9 Å². The molecular formula is C20H29N3O2. The van der Waals surface area contributed by atoms with E-state index in [1.807, 2.05) is 12.1 Å². The molecule has 0 bridgehead atoms. The van der Waals surface area contributed by atoms with Crippen molar-refractivity contribution in [1.29, 1.82) is 0 Å². The molecule has 3 unspecified atom stereocenters. The third kappa shape index (κ3) is 3.87. The number of anilines is 1. The summed E-state index contributed by atoms with van der Waals surface area (Å²) in [6, 6.07) is 8.22. The molecule has 2 fully saturated rings. The first-order chi connectivity index (χ1) is 12.0. The van der Waals surface area contributed by atoms with E-state index in [1.165, 1.54) is 5.56 Å². The molecule has 3 atom stereocenters. The van der Waals surface area contributed by atoms with Gasteiger partial charge in [0.2, 0.25) is 11.8 Å². The van der Waals surface area contributed by atoms with E-state index in [1.54, 1.807) is 4.90 Å². The Hall–Kier alpha value is -1.88. The molecule has 3 rings (SSSR count). The molecule has 0 radical (unpaired) electrons. The number of rotatable bonds is 4. The predicted molar refractivity (Wildman–Crippen MR) is 99.6 cm³/mol. The number of hydrogen-bond donors (Lipinski definition) is 2. The van der Waals surface area contributed by atoms with Crippen molar-refractivity contribution in [2.24, 2.45) is 11.8 Å². The molecule has 0 aromatic heterocycles. The average molecular weight is 343 g/mol. The number of nitrogens with zero attached hydrogens (tertiary/aromatic N) is 1. The lowest BCUT2D eigenvalue weighted by molar-refractivity contribution is -0.132. The molecule has 2 heterocycles. The molecule has 136 valence electrons. The van der Waals surface area contributed by atoms with Gasteiger partial charge in [0.05, 0.1) is 0 Å². The average Bonchev–Trinajstić information content (AvgIpc) is 2.98. The van der Waals surface area contributed by atoms with Crippen LogP contribution in [0.3, 0.4) is 0 Å². The topological polar surface area (TPSA) is 61.4 Å². The van der Waals surface area contributed by atoms with Crippen molar-refractivity contribution in [1.82, 2.24) is 10.6 Å². The van der Waals surface area contributed by atoms with Crippen molar-refractivity contribution in [2.75, 3.05) is 24.5 Å². The molecule has 5 heteroatoms. The van der Waals surface area contributed by atoms with Gasteiger partial charge in [0, 0.05) is 24.8 Å². The highest BCUT2D eigenvalue weighted by molar-refractivity contribution is 6.09. The summed E-state index contributed by atoms with van der Waals surface area (Å²) in [4.78, 5) is 27.1. The fourth-order valence-electron chi connectivity index (χ4n) is 3.68. The van der Waals surface area contributed by atoms with Crippen LogP contribution in [0.2, 0.25) is 0 Å². The highest BCUT2D eigenvalue weighted by atomic mass is 16.2. The van der Waals surface area contributed by atoms with Gasteiger partial charge in [0.15, 0.2) is 0 Å². The molecule has 0 saturated carbocycles. The Kier molecular flexibility index (Phi) is 5.42. The highest BCUT2D eigenvalue weighted by Crippen LogP contribution is 2.27. The van der Waals surface area contributed by atoms with E-state index in [0.717, 1.165) is 25.2 Å². The molecule has 2 N–H and O–H groups in total. The Balaban J connectivity index is 1.63. The summed E-state index contributed by atoms with van der Waals surface area (Å²) in [6.07, 6.45) is 1.64. The van der Waals surface area contributed by atoms with Gasteiger partial charge in [-0.15, -0.1) is 0 Å². The fraction of sp³-hybridized carbons (Fsp3) is 0.600. The van der Waals surface area contributed by atoms with Gasteiger partial charge in [-0.25, -0.2) is 0 Å². The monoisotopic (exact) mass is 343 g/mol. The molecule has 2 aliphatic heterocycles. The summed E-state index contributed by atoms with van der Waals surface area (Å²) in [5, 5.41) is 6.40. The van der Waals surface area contributed by atoms with Gasteiger partial charge in [-0.3, -0.25) is 9.59 Å². The second-order valence-electron chi connectivity index (χ2n) is 7.66. The van der Waals surface area contributed by atoms with Crippen molar-refractivity contribution < 1.29 is 9.59 Å². The number of piperidine rings is 1. The van der Waals surface area contributed by atoms with Gasteiger partial charge in [0.25, 0.3) is 0 Å². The van der Waals surface area contributed by atoms with Crippen LogP contribution in [0.25, 0.3) is 0 Å². The first-order valence-corrected chi connectivity index (χ1v) is 9.39. The van der Waals surface area contributed by atoms with E-state index in [-0.39, 0.29) is 17.9 Å². The zero-order valence-corrected chi connectivity index (χ0v) is 15.4. The van der Waals surface area contributed by atoms with E-state index in [4.69, 9.17) is 0 Å². The van der Waals surface area contributed by atoms with Gasteiger partial charge < -0.3 is 15.5 Å². The predicted octanol–water partition coefficient (Wildman–Crippen LogP) is 2.28. The lowest BCUT2D eigenvalue weighted by Crippen LogP contribution is -2.52. The Morgan fingerprint density at radius 3 is 2.60 bits per heavy atom. The Labute approximate surface area is 150 Å². The second kappa shape index (κ2) is 7.56. The van der Waals surface area contributed by atoms with Crippen LogP contribution in [0.4, 0.5) is 5.69 Å². The van der Waals surface area contributed by atoms with Crippen LogP contribution < -0.4 is 15.5 Å². The zero-order chi connectivity index (χ0) is 18.0. The molecule has 2 aliphatic rings. The fourth-order valence-corrected chi connectivity index (χ4v) is 3.68. The van der Waals surface area contributed by atoms with E-state index in [9.17, 15) is 9.59 Å². The first-order valence-electron chi connectivity index (χ1n) is 9.39. The lowest BCUT2D eigenvalue weighted by atomic mass is 9.94. The van der Waals surface area contributed by atoms with E-state index in [2.05, 4.69) is 43.5 Å².